The van der Waals surface area contributed by atoms with E-state index in [2.05, 4.69) is 0 Å². The fourth-order valence-electron chi connectivity index (χ4n) is 2.04. The smallest absolute Gasteiger partial charge is 0.294 e. The molecule has 0 bridgehead atoms. The van der Waals surface area contributed by atoms with Gasteiger partial charge in [0.05, 0.1) is 11.1 Å². The molecule has 0 fully saturated rings. The summed E-state index contributed by atoms with van der Waals surface area (Å²) in [4.78, 5) is 12.1. The van der Waals surface area contributed by atoms with Gasteiger partial charge in [-0.25, -0.2) is 4.39 Å². The summed E-state index contributed by atoms with van der Waals surface area (Å²) in [6.07, 6.45) is -4.95. The molecule has 0 aliphatic heterocycles. The van der Waals surface area contributed by atoms with Crippen molar-refractivity contribution in [3.8, 4) is 0 Å². The highest BCUT2D eigenvalue weighted by atomic mass is 19.4. The van der Waals surface area contributed by atoms with Gasteiger partial charge >= 0.3 is 6.18 Å². The van der Waals surface area contributed by atoms with E-state index in [0.717, 1.165) is 17.7 Å². The number of hydrogen-bond donors (Lipinski definition) is 0. The second-order valence-corrected chi connectivity index (χ2v) is 4.69. The molecule has 21 heavy (non-hydrogen) atoms. The number of halogens is 4. The number of carbonyl (C=O) groups is 1. The topological polar surface area (TPSA) is 17.1 Å². The van der Waals surface area contributed by atoms with Gasteiger partial charge in [0.2, 0.25) is 0 Å². The van der Waals surface area contributed by atoms with Crippen LogP contribution in [0.4, 0.5) is 17.6 Å². The number of alkyl halides is 3. The van der Waals surface area contributed by atoms with E-state index in [4.69, 9.17) is 0 Å². The summed E-state index contributed by atoms with van der Waals surface area (Å²) in [7, 11) is 0. The Hall–Kier alpha value is -2.17. The van der Waals surface area contributed by atoms with Crippen LogP contribution in [-0.2, 0) is 12.6 Å². The van der Waals surface area contributed by atoms with E-state index in [0.29, 0.717) is 11.6 Å². The third kappa shape index (κ3) is 3.29. The minimum Gasteiger partial charge on any atom is -0.294 e. The highest BCUT2D eigenvalue weighted by Gasteiger charge is 2.35. The monoisotopic (exact) mass is 296 g/mol. The van der Waals surface area contributed by atoms with Crippen molar-refractivity contribution in [2.75, 3.05) is 0 Å². The fraction of sp³-hybridized carbons (Fsp3) is 0.188. The molecule has 0 aliphatic rings. The van der Waals surface area contributed by atoms with Crippen LogP contribution in [0, 0.1) is 12.7 Å². The van der Waals surface area contributed by atoms with E-state index in [9.17, 15) is 22.4 Å². The Morgan fingerprint density at radius 1 is 1.05 bits per heavy atom. The Labute approximate surface area is 119 Å². The molecule has 2 aromatic rings. The van der Waals surface area contributed by atoms with Crippen LogP contribution < -0.4 is 0 Å². The molecule has 0 unspecified atom stereocenters. The van der Waals surface area contributed by atoms with E-state index >= 15 is 0 Å². The second-order valence-electron chi connectivity index (χ2n) is 4.69. The summed E-state index contributed by atoms with van der Waals surface area (Å²) in [5.74, 6) is -2.18. The molecule has 0 spiro atoms. The number of aryl methyl sites for hydroxylation is 1. The first-order valence-electron chi connectivity index (χ1n) is 6.24. The lowest BCUT2D eigenvalue weighted by atomic mass is 9.98. The van der Waals surface area contributed by atoms with Crippen molar-refractivity contribution in [2.45, 2.75) is 19.5 Å². The number of Topliss-reactive ketones (excluding diaryl/α,β-unsaturated/α-hetero) is 1. The molecule has 1 nitrogen and oxygen atoms in total. The molecule has 2 aromatic carbocycles. The summed E-state index contributed by atoms with van der Waals surface area (Å²) in [6, 6.07) is 9.72. The predicted octanol–water partition coefficient (Wildman–Crippen LogP) is 4.58. The van der Waals surface area contributed by atoms with Crippen molar-refractivity contribution in [2.24, 2.45) is 0 Å². The van der Waals surface area contributed by atoms with Crippen molar-refractivity contribution in [1.82, 2.24) is 0 Å². The summed E-state index contributed by atoms with van der Waals surface area (Å²) in [5, 5.41) is 0. The lowest BCUT2D eigenvalue weighted by Gasteiger charge is -2.11. The van der Waals surface area contributed by atoms with Crippen molar-refractivity contribution in [3.63, 3.8) is 0 Å². The van der Waals surface area contributed by atoms with Gasteiger partial charge in [0.25, 0.3) is 0 Å². The Kier molecular flexibility index (Phi) is 4.11. The molecule has 0 saturated heterocycles. The lowest BCUT2D eigenvalue weighted by molar-refractivity contribution is -0.140. The minimum absolute atomic E-state index is 0.134. The predicted molar refractivity (Wildman–Crippen MR) is 70.6 cm³/mol. The molecule has 0 radical (unpaired) electrons. The summed E-state index contributed by atoms with van der Waals surface area (Å²) >= 11 is 0. The Balaban J connectivity index is 2.35. The van der Waals surface area contributed by atoms with Crippen molar-refractivity contribution in [3.05, 3.63) is 70.5 Å². The molecule has 0 atom stereocenters. The maximum Gasteiger partial charge on any atom is 0.419 e. The average molecular weight is 296 g/mol. The molecule has 0 amide bonds. The van der Waals surface area contributed by atoms with Gasteiger partial charge in [-0.05, 0) is 30.2 Å². The van der Waals surface area contributed by atoms with Crippen LogP contribution in [0.25, 0.3) is 0 Å². The number of hydrogen-bond acceptors (Lipinski definition) is 1. The van der Waals surface area contributed by atoms with Gasteiger partial charge in [-0.2, -0.15) is 13.2 Å². The number of carbonyl (C=O) groups excluding carboxylic acids is 1. The second kappa shape index (κ2) is 5.68. The highest BCUT2D eigenvalue weighted by molar-refractivity contribution is 5.98. The van der Waals surface area contributed by atoms with Gasteiger partial charge in [0.15, 0.2) is 5.78 Å². The van der Waals surface area contributed by atoms with Crippen molar-refractivity contribution < 1.29 is 22.4 Å². The molecule has 0 N–H and O–H groups in total. The van der Waals surface area contributed by atoms with Gasteiger partial charge in [-0.1, -0.05) is 30.3 Å². The van der Waals surface area contributed by atoms with Crippen LogP contribution in [0.2, 0.25) is 0 Å². The first kappa shape index (κ1) is 15.2. The van der Waals surface area contributed by atoms with Crippen molar-refractivity contribution in [1.29, 1.82) is 0 Å². The zero-order valence-corrected chi connectivity index (χ0v) is 11.2. The third-order valence-corrected chi connectivity index (χ3v) is 3.22. The van der Waals surface area contributed by atoms with E-state index in [1.807, 2.05) is 0 Å². The molecule has 0 aromatic heterocycles. The summed E-state index contributed by atoms with van der Waals surface area (Å²) in [6.45, 7) is 1.78. The molecule has 5 heteroatoms. The zero-order valence-electron chi connectivity index (χ0n) is 11.2. The van der Waals surface area contributed by atoms with Crippen LogP contribution in [-0.4, -0.2) is 5.78 Å². The maximum atomic E-state index is 13.9. The lowest BCUT2D eigenvalue weighted by Crippen LogP contribution is -2.14. The van der Waals surface area contributed by atoms with Crippen LogP contribution in [0.1, 0.15) is 27.0 Å². The normalized spacial score (nSPS) is 11.5. The van der Waals surface area contributed by atoms with Crippen LogP contribution >= 0.6 is 0 Å². The molecular formula is C16H12F4O. The zero-order chi connectivity index (χ0) is 15.6. The van der Waals surface area contributed by atoms with E-state index in [1.165, 1.54) is 0 Å². The first-order valence-corrected chi connectivity index (χ1v) is 6.24. The van der Waals surface area contributed by atoms with E-state index < -0.39 is 28.9 Å². The van der Waals surface area contributed by atoms with Crippen LogP contribution in [0.15, 0.2) is 42.5 Å². The molecule has 0 saturated carbocycles. The Bertz CT molecular complexity index is 674. The molecule has 2 rings (SSSR count). The van der Waals surface area contributed by atoms with Crippen LogP contribution in [0.5, 0.6) is 0 Å². The van der Waals surface area contributed by atoms with Gasteiger partial charge in [0, 0.05) is 6.42 Å². The van der Waals surface area contributed by atoms with Gasteiger partial charge in [0.1, 0.15) is 5.82 Å². The third-order valence-electron chi connectivity index (χ3n) is 3.22. The van der Waals surface area contributed by atoms with Crippen LogP contribution in [0.3, 0.4) is 0 Å². The van der Waals surface area contributed by atoms with Gasteiger partial charge < -0.3 is 0 Å². The van der Waals surface area contributed by atoms with E-state index in [1.54, 1.807) is 31.2 Å². The number of benzene rings is 2. The molecule has 0 aliphatic carbocycles. The fourth-order valence-corrected chi connectivity index (χ4v) is 2.04. The number of ketones is 1. The minimum atomic E-state index is -4.82. The Morgan fingerprint density at radius 3 is 2.33 bits per heavy atom. The quantitative estimate of drug-likeness (QED) is 0.598. The van der Waals surface area contributed by atoms with Crippen molar-refractivity contribution >= 4 is 5.78 Å². The molecule has 0 heterocycles. The summed E-state index contributed by atoms with van der Waals surface area (Å²) in [5.41, 5.74) is -0.455. The number of rotatable bonds is 3. The molecular weight excluding hydrogens is 284 g/mol. The summed E-state index contributed by atoms with van der Waals surface area (Å²) < 4.78 is 51.8. The SMILES string of the molecule is Cc1ccccc1CC(=O)c1cccc(C(F)(F)F)c1F. The Morgan fingerprint density at radius 2 is 1.71 bits per heavy atom. The maximum absolute atomic E-state index is 13.9. The van der Waals surface area contributed by atoms with Gasteiger partial charge in [-0.15, -0.1) is 0 Å². The highest BCUT2D eigenvalue weighted by Crippen LogP contribution is 2.32. The van der Waals surface area contributed by atoms with E-state index in [-0.39, 0.29) is 6.42 Å². The van der Waals surface area contributed by atoms with Gasteiger partial charge in [-0.3, -0.25) is 4.79 Å². The molecule has 110 valence electrons. The average Bonchev–Trinajstić information content (AvgIpc) is 2.40. The standard InChI is InChI=1S/C16H12F4O/c1-10-5-2-3-6-11(10)9-14(21)12-7-4-8-13(15(12)17)16(18,19)20/h2-8H,9H2,1H3. The first-order chi connectivity index (χ1) is 9.80. The largest absolute Gasteiger partial charge is 0.419 e.